The van der Waals surface area contributed by atoms with E-state index in [0.717, 1.165) is 17.3 Å². The molecule has 27 heavy (non-hydrogen) atoms. The van der Waals surface area contributed by atoms with Crippen LogP contribution in [0.4, 0.5) is 4.79 Å². The van der Waals surface area contributed by atoms with Crippen molar-refractivity contribution < 1.29 is 62.4 Å². The molecule has 3 aromatic rings. The molecule has 1 aromatic heterocycles. The zero-order chi connectivity index (χ0) is 18.3. The number of hydrogen-bond acceptors (Lipinski definition) is 5. The van der Waals surface area contributed by atoms with E-state index < -0.39 is 6.04 Å². The van der Waals surface area contributed by atoms with E-state index in [2.05, 4.69) is 4.98 Å². The first kappa shape index (κ1) is 20.4. The molecule has 0 N–H and O–H groups in total. The van der Waals surface area contributed by atoms with Gasteiger partial charge in [-0.25, -0.2) is 4.98 Å². The SMILES string of the molecule is Cn1c(C(c2ccccc2)N2C(=O)CSC2=O)nc2ccccc2c1=O.[H-].[K+]. The topological polar surface area (TPSA) is 72.3 Å². The predicted octanol–water partition coefficient (Wildman–Crippen LogP) is -0.165. The van der Waals surface area contributed by atoms with Crippen LogP contribution < -0.4 is 56.9 Å². The van der Waals surface area contributed by atoms with Crippen LogP contribution in [0.5, 0.6) is 0 Å². The van der Waals surface area contributed by atoms with E-state index in [1.54, 1.807) is 31.3 Å². The molecular weight excluding hydrogens is 389 g/mol. The van der Waals surface area contributed by atoms with Crippen molar-refractivity contribution in [2.45, 2.75) is 6.04 Å². The summed E-state index contributed by atoms with van der Waals surface area (Å²) in [7, 11) is 1.62. The third-order valence-corrected chi connectivity index (χ3v) is 5.26. The van der Waals surface area contributed by atoms with Crippen LogP contribution in [0.2, 0.25) is 0 Å². The number of amides is 2. The van der Waals surface area contributed by atoms with E-state index in [4.69, 9.17) is 0 Å². The van der Waals surface area contributed by atoms with Crippen LogP contribution in [-0.2, 0) is 11.8 Å². The van der Waals surface area contributed by atoms with Gasteiger partial charge in [-0.2, -0.15) is 0 Å². The molecule has 132 valence electrons. The average molecular weight is 406 g/mol. The van der Waals surface area contributed by atoms with Gasteiger partial charge in [0.25, 0.3) is 10.8 Å². The quantitative estimate of drug-likeness (QED) is 0.566. The van der Waals surface area contributed by atoms with Gasteiger partial charge in [0.1, 0.15) is 11.9 Å². The first-order chi connectivity index (χ1) is 12.6. The van der Waals surface area contributed by atoms with Gasteiger partial charge in [0.2, 0.25) is 5.91 Å². The Morgan fingerprint density at radius 2 is 1.70 bits per heavy atom. The van der Waals surface area contributed by atoms with Crippen LogP contribution in [-0.4, -0.2) is 31.4 Å². The van der Waals surface area contributed by atoms with Crippen molar-refractivity contribution in [3.8, 4) is 0 Å². The molecule has 4 rings (SSSR count). The fourth-order valence-electron chi connectivity index (χ4n) is 3.14. The Kier molecular flexibility index (Phi) is 6.34. The number of fused-ring (bicyclic) bond motifs is 1. The van der Waals surface area contributed by atoms with Crippen molar-refractivity contribution >= 4 is 33.8 Å². The summed E-state index contributed by atoms with van der Waals surface area (Å²) in [5.74, 6) is 0.185. The van der Waals surface area contributed by atoms with E-state index in [0.29, 0.717) is 16.7 Å². The Bertz CT molecular complexity index is 1070. The third kappa shape index (κ3) is 3.70. The molecule has 6 nitrogen and oxygen atoms in total. The molecule has 1 atom stereocenters. The van der Waals surface area contributed by atoms with Gasteiger partial charge in [0, 0.05) is 7.05 Å². The van der Waals surface area contributed by atoms with Gasteiger partial charge >= 0.3 is 51.4 Å². The molecule has 2 heterocycles. The van der Waals surface area contributed by atoms with Gasteiger partial charge < -0.3 is 1.43 Å². The summed E-state index contributed by atoms with van der Waals surface area (Å²) in [5, 5.41) is 0.172. The number of nitrogens with zero attached hydrogens (tertiary/aromatic N) is 3. The van der Waals surface area contributed by atoms with Gasteiger partial charge in [0.15, 0.2) is 0 Å². The Morgan fingerprint density at radius 1 is 1.04 bits per heavy atom. The van der Waals surface area contributed by atoms with Crippen LogP contribution in [0.15, 0.2) is 59.4 Å². The molecule has 0 bridgehead atoms. The number of carbonyl (C=O) groups is 2. The standard InChI is InChI=1S/C19H15N3O3S.K.H/c1-21-17(20-14-10-6-5-9-13(14)18(21)24)16(12-7-3-2-4-8-12)22-15(23)11-26-19(22)25;;/h2-10,16H,11H2,1H3;;/q;+1;-1. The van der Waals surface area contributed by atoms with E-state index in [9.17, 15) is 14.4 Å². The minimum absolute atomic E-state index is 0. The predicted molar refractivity (Wildman–Crippen MR) is 101 cm³/mol. The van der Waals surface area contributed by atoms with Crippen LogP contribution in [0.25, 0.3) is 10.9 Å². The molecule has 1 aliphatic heterocycles. The Hall–Kier alpha value is -1.29. The summed E-state index contributed by atoms with van der Waals surface area (Å²) in [5.41, 5.74) is 1.06. The normalized spacial score (nSPS) is 15.1. The molecular formula is C19H16KN3O3S. The van der Waals surface area contributed by atoms with Crippen LogP contribution >= 0.6 is 11.8 Å². The van der Waals surface area contributed by atoms with Gasteiger partial charge in [-0.05, 0) is 17.7 Å². The first-order valence-corrected chi connectivity index (χ1v) is 9.06. The number of para-hydroxylation sites is 1. The molecule has 2 amide bonds. The summed E-state index contributed by atoms with van der Waals surface area (Å²) in [4.78, 5) is 43.4. The summed E-state index contributed by atoms with van der Waals surface area (Å²) in [6, 6.07) is 15.5. The van der Waals surface area contributed by atoms with Crippen LogP contribution in [0, 0.1) is 0 Å². The number of benzene rings is 2. The number of hydrogen-bond donors (Lipinski definition) is 0. The van der Waals surface area contributed by atoms with E-state index in [1.807, 2.05) is 30.3 Å². The molecule has 0 aliphatic carbocycles. The van der Waals surface area contributed by atoms with Crippen molar-refractivity contribution in [1.29, 1.82) is 0 Å². The fourth-order valence-corrected chi connectivity index (χ4v) is 3.87. The second-order valence-electron chi connectivity index (χ2n) is 5.98. The molecule has 0 saturated carbocycles. The Morgan fingerprint density at radius 3 is 2.37 bits per heavy atom. The Labute approximate surface area is 203 Å². The molecule has 2 aromatic carbocycles. The Balaban J connectivity index is 0.00000140. The van der Waals surface area contributed by atoms with Gasteiger partial charge in [-0.1, -0.05) is 54.2 Å². The number of carbonyl (C=O) groups excluding carboxylic acids is 2. The molecule has 1 unspecified atom stereocenters. The van der Waals surface area contributed by atoms with E-state index in [1.165, 1.54) is 9.47 Å². The zero-order valence-corrected chi connectivity index (χ0v) is 18.9. The average Bonchev–Trinajstić information content (AvgIpc) is 2.99. The number of aromatic nitrogens is 2. The number of thioether (sulfide) groups is 1. The summed E-state index contributed by atoms with van der Waals surface area (Å²) in [6.45, 7) is 0. The first-order valence-electron chi connectivity index (χ1n) is 8.07. The molecule has 1 aliphatic rings. The largest absolute Gasteiger partial charge is 1.00 e. The zero-order valence-electron chi connectivity index (χ0n) is 16.0. The maximum atomic E-state index is 12.8. The second-order valence-corrected chi connectivity index (χ2v) is 6.91. The molecule has 8 heteroatoms. The maximum absolute atomic E-state index is 12.8. The van der Waals surface area contributed by atoms with Crippen molar-refractivity contribution in [3.05, 3.63) is 76.3 Å². The van der Waals surface area contributed by atoms with E-state index >= 15 is 0 Å². The van der Waals surface area contributed by atoms with Crippen molar-refractivity contribution in [3.63, 3.8) is 0 Å². The second kappa shape index (κ2) is 8.38. The minimum atomic E-state index is -0.742. The van der Waals surface area contributed by atoms with Gasteiger partial charge in [0.05, 0.1) is 16.7 Å². The summed E-state index contributed by atoms with van der Waals surface area (Å²) >= 11 is 0.967. The summed E-state index contributed by atoms with van der Waals surface area (Å²) in [6.07, 6.45) is 0. The van der Waals surface area contributed by atoms with Crippen molar-refractivity contribution in [2.75, 3.05) is 5.75 Å². The minimum Gasteiger partial charge on any atom is -1.00 e. The summed E-state index contributed by atoms with van der Waals surface area (Å²) < 4.78 is 1.42. The molecule has 0 radical (unpaired) electrons. The number of rotatable bonds is 3. The van der Waals surface area contributed by atoms with Gasteiger partial charge in [-0.15, -0.1) is 0 Å². The monoisotopic (exact) mass is 405 g/mol. The smallest absolute Gasteiger partial charge is 1.00 e. The molecule has 1 fully saturated rings. The van der Waals surface area contributed by atoms with Gasteiger partial charge in [-0.3, -0.25) is 23.9 Å². The fraction of sp³-hybridized carbons (Fsp3) is 0.158. The van der Waals surface area contributed by atoms with E-state index in [-0.39, 0.29) is 75.3 Å². The number of imide groups is 1. The van der Waals surface area contributed by atoms with Crippen LogP contribution in [0.3, 0.4) is 0 Å². The van der Waals surface area contributed by atoms with Crippen LogP contribution in [0.1, 0.15) is 18.9 Å². The third-order valence-electron chi connectivity index (χ3n) is 4.42. The molecule has 0 spiro atoms. The maximum Gasteiger partial charge on any atom is 1.00 e. The van der Waals surface area contributed by atoms with Crippen molar-refractivity contribution in [1.82, 2.24) is 14.5 Å². The van der Waals surface area contributed by atoms with Crippen molar-refractivity contribution in [2.24, 2.45) is 7.05 Å². The molecule has 1 saturated heterocycles.